The lowest BCUT2D eigenvalue weighted by molar-refractivity contribution is -0.143. The van der Waals surface area contributed by atoms with Gasteiger partial charge in [0.05, 0.1) is 12.0 Å². The van der Waals surface area contributed by atoms with Crippen molar-refractivity contribution in [3.63, 3.8) is 0 Å². The minimum atomic E-state index is -0.827. The quantitative estimate of drug-likeness (QED) is 0.568. The van der Waals surface area contributed by atoms with E-state index in [1.54, 1.807) is 13.8 Å². The molecule has 68 valence electrons. The minimum absolute atomic E-state index is 0.116. The molecule has 4 nitrogen and oxygen atoms in total. The second-order valence-electron chi connectivity index (χ2n) is 3.34. The molecule has 2 N–H and O–H groups in total. The average Bonchev–Trinajstić information content (AvgIpc) is 2.25. The van der Waals surface area contributed by atoms with E-state index in [1.165, 1.54) is 0 Å². The van der Waals surface area contributed by atoms with Gasteiger partial charge in [-0.2, -0.15) is 0 Å². The molecule has 4 heteroatoms. The molecule has 0 radical (unpaired) electrons. The van der Waals surface area contributed by atoms with Crippen molar-refractivity contribution in [2.45, 2.75) is 25.9 Å². The van der Waals surface area contributed by atoms with Crippen LogP contribution in [0, 0.1) is 11.8 Å². The van der Waals surface area contributed by atoms with Gasteiger partial charge in [0.2, 0.25) is 0 Å². The first-order valence-corrected chi connectivity index (χ1v) is 4.02. The molecule has 1 saturated heterocycles. The molecule has 12 heavy (non-hydrogen) atoms. The molecule has 1 rings (SSSR count). The predicted octanol–water partition coefficient (Wildman–Crippen LogP) is -0.118. The molecular formula is C8H13NO3. The molecule has 1 fully saturated rings. The van der Waals surface area contributed by atoms with Gasteiger partial charge in [0.25, 0.3) is 0 Å². The number of hydrogen-bond acceptors (Lipinski definition) is 3. The molecule has 1 aliphatic rings. The number of rotatable bonds is 2. The Morgan fingerprint density at radius 2 is 2.08 bits per heavy atom. The summed E-state index contributed by atoms with van der Waals surface area (Å²) in [6, 6.07) is -0.422. The summed E-state index contributed by atoms with van der Waals surface area (Å²) < 4.78 is 0. The Balaban J connectivity index is 2.76. The predicted molar refractivity (Wildman–Crippen MR) is 42.7 cm³/mol. The fourth-order valence-corrected chi connectivity index (χ4v) is 1.84. The summed E-state index contributed by atoms with van der Waals surface area (Å²) in [5.41, 5.74) is 0. The molecule has 0 aromatic rings. The molecule has 0 aromatic carbocycles. The fraction of sp³-hybridized carbons (Fsp3) is 0.750. The highest BCUT2D eigenvalue weighted by Gasteiger charge is 2.41. The van der Waals surface area contributed by atoms with Crippen molar-refractivity contribution in [2.75, 3.05) is 0 Å². The van der Waals surface area contributed by atoms with Gasteiger partial charge in [0, 0.05) is 6.04 Å². The first-order valence-electron chi connectivity index (χ1n) is 4.02. The summed E-state index contributed by atoms with van der Waals surface area (Å²) in [7, 11) is 0. The van der Waals surface area contributed by atoms with Crippen LogP contribution in [0.5, 0.6) is 0 Å². The molecule has 0 amide bonds. The van der Waals surface area contributed by atoms with E-state index in [-0.39, 0.29) is 18.0 Å². The summed E-state index contributed by atoms with van der Waals surface area (Å²) >= 11 is 0. The maximum absolute atomic E-state index is 10.7. The lowest BCUT2D eigenvalue weighted by atomic mass is 9.90. The van der Waals surface area contributed by atoms with Crippen LogP contribution in [0.15, 0.2) is 0 Å². The van der Waals surface area contributed by atoms with Crippen molar-refractivity contribution >= 4 is 12.3 Å². The average molecular weight is 171 g/mol. The van der Waals surface area contributed by atoms with Gasteiger partial charge in [-0.15, -0.1) is 0 Å². The van der Waals surface area contributed by atoms with E-state index in [9.17, 15) is 9.59 Å². The number of carbonyl (C=O) groups is 2. The third kappa shape index (κ3) is 1.34. The van der Waals surface area contributed by atoms with Gasteiger partial charge in [0.15, 0.2) is 0 Å². The van der Waals surface area contributed by atoms with Crippen LogP contribution in [-0.2, 0) is 9.59 Å². The standard InChI is InChI=1S/C8H13NO3/c1-4-6(3-10)9-5(2)7(4)8(11)12/h3-7,9H,1-2H3,(H,11,12). The number of carbonyl (C=O) groups excluding carboxylic acids is 1. The van der Waals surface area contributed by atoms with E-state index in [2.05, 4.69) is 5.32 Å². The zero-order valence-corrected chi connectivity index (χ0v) is 7.15. The van der Waals surface area contributed by atoms with Crippen LogP contribution < -0.4 is 5.32 Å². The van der Waals surface area contributed by atoms with Crippen LogP contribution in [-0.4, -0.2) is 29.4 Å². The summed E-state index contributed by atoms with van der Waals surface area (Å²) in [4.78, 5) is 21.2. The van der Waals surface area contributed by atoms with Crippen LogP contribution in [0.4, 0.5) is 0 Å². The topological polar surface area (TPSA) is 66.4 Å². The van der Waals surface area contributed by atoms with Gasteiger partial charge >= 0.3 is 5.97 Å². The van der Waals surface area contributed by atoms with Gasteiger partial charge < -0.3 is 15.2 Å². The fourth-order valence-electron chi connectivity index (χ4n) is 1.84. The van der Waals surface area contributed by atoms with Crippen molar-refractivity contribution < 1.29 is 14.7 Å². The van der Waals surface area contributed by atoms with E-state index < -0.39 is 11.9 Å². The Labute approximate surface area is 71.0 Å². The second-order valence-corrected chi connectivity index (χ2v) is 3.34. The Morgan fingerprint density at radius 1 is 1.50 bits per heavy atom. The van der Waals surface area contributed by atoms with E-state index >= 15 is 0 Å². The third-order valence-corrected chi connectivity index (χ3v) is 2.56. The highest BCUT2D eigenvalue weighted by atomic mass is 16.4. The number of carboxylic acids is 1. The zero-order chi connectivity index (χ0) is 9.30. The molecule has 1 heterocycles. The number of nitrogens with one attached hydrogen (secondary N) is 1. The SMILES string of the molecule is CC1NC(C=O)C(C)C1C(=O)O. The lowest BCUT2D eigenvalue weighted by Gasteiger charge is -2.13. The Hall–Kier alpha value is -0.900. The van der Waals surface area contributed by atoms with Crippen LogP contribution in [0.3, 0.4) is 0 Å². The molecule has 0 aromatic heterocycles. The lowest BCUT2D eigenvalue weighted by Crippen LogP contribution is -2.31. The smallest absolute Gasteiger partial charge is 0.308 e. The van der Waals surface area contributed by atoms with Crippen LogP contribution in [0.25, 0.3) is 0 Å². The van der Waals surface area contributed by atoms with E-state index in [1.807, 2.05) is 0 Å². The van der Waals surface area contributed by atoms with Crippen LogP contribution in [0.2, 0.25) is 0 Å². The normalized spacial score (nSPS) is 41.2. The van der Waals surface area contributed by atoms with Gasteiger partial charge in [-0.05, 0) is 12.8 Å². The van der Waals surface area contributed by atoms with Gasteiger partial charge in [-0.3, -0.25) is 4.79 Å². The summed E-state index contributed by atoms with van der Waals surface area (Å²) in [6.07, 6.45) is 0.782. The number of carboxylic acid groups (broad SMARTS) is 1. The Kier molecular flexibility index (Phi) is 2.47. The summed E-state index contributed by atoms with van der Waals surface area (Å²) in [6.45, 7) is 3.58. The highest BCUT2D eigenvalue weighted by molar-refractivity contribution is 5.74. The zero-order valence-electron chi connectivity index (χ0n) is 7.15. The number of aliphatic carboxylic acids is 1. The van der Waals surface area contributed by atoms with Crippen LogP contribution in [0.1, 0.15) is 13.8 Å². The maximum Gasteiger partial charge on any atom is 0.308 e. The Morgan fingerprint density at radius 3 is 2.33 bits per heavy atom. The largest absolute Gasteiger partial charge is 0.481 e. The van der Waals surface area contributed by atoms with Gasteiger partial charge in [-0.25, -0.2) is 0 Å². The van der Waals surface area contributed by atoms with Gasteiger partial charge in [-0.1, -0.05) is 6.92 Å². The first-order chi connectivity index (χ1) is 5.57. The molecule has 1 aliphatic heterocycles. The molecule has 4 unspecified atom stereocenters. The molecule has 0 aliphatic carbocycles. The Bertz CT molecular complexity index is 204. The molecule has 4 atom stereocenters. The van der Waals surface area contributed by atoms with E-state index in [0.717, 1.165) is 6.29 Å². The van der Waals surface area contributed by atoms with Crippen molar-refractivity contribution in [3.05, 3.63) is 0 Å². The number of hydrogen-bond donors (Lipinski definition) is 2. The maximum atomic E-state index is 10.7. The third-order valence-electron chi connectivity index (χ3n) is 2.56. The molecular weight excluding hydrogens is 158 g/mol. The van der Waals surface area contributed by atoms with Crippen molar-refractivity contribution in [1.82, 2.24) is 5.32 Å². The van der Waals surface area contributed by atoms with Crippen molar-refractivity contribution in [2.24, 2.45) is 11.8 Å². The van der Waals surface area contributed by atoms with Crippen molar-refractivity contribution in [1.29, 1.82) is 0 Å². The summed E-state index contributed by atoms with van der Waals surface area (Å²) in [5, 5.41) is 11.7. The van der Waals surface area contributed by atoms with Crippen LogP contribution >= 0.6 is 0 Å². The van der Waals surface area contributed by atoms with E-state index in [4.69, 9.17) is 5.11 Å². The molecule has 0 spiro atoms. The highest BCUT2D eigenvalue weighted by Crippen LogP contribution is 2.26. The minimum Gasteiger partial charge on any atom is -0.481 e. The second kappa shape index (κ2) is 3.23. The summed E-state index contributed by atoms with van der Waals surface area (Å²) in [5.74, 6) is -1.39. The van der Waals surface area contributed by atoms with Gasteiger partial charge in [0.1, 0.15) is 6.29 Å². The molecule has 0 bridgehead atoms. The molecule has 0 saturated carbocycles. The van der Waals surface area contributed by atoms with Crippen molar-refractivity contribution in [3.8, 4) is 0 Å². The monoisotopic (exact) mass is 171 g/mol. The van der Waals surface area contributed by atoms with E-state index in [0.29, 0.717) is 0 Å². The first kappa shape index (κ1) is 9.19. The number of aldehydes is 1.